The largest absolute Gasteiger partial charge is 0.377 e. The van der Waals surface area contributed by atoms with Gasteiger partial charge in [-0.15, -0.1) is 0 Å². The van der Waals surface area contributed by atoms with Gasteiger partial charge in [0.25, 0.3) is 0 Å². The number of pyridine rings is 1. The fourth-order valence-corrected chi connectivity index (χ4v) is 2.30. The molecule has 0 bridgehead atoms. The van der Waals surface area contributed by atoms with Crippen LogP contribution < -0.4 is 10.6 Å². The lowest BCUT2D eigenvalue weighted by Crippen LogP contribution is -2.31. The number of rotatable bonds is 3. The van der Waals surface area contributed by atoms with Crippen molar-refractivity contribution in [1.29, 1.82) is 0 Å². The summed E-state index contributed by atoms with van der Waals surface area (Å²) in [6.07, 6.45) is 2.27. The van der Waals surface area contributed by atoms with E-state index in [1.165, 1.54) is 0 Å². The van der Waals surface area contributed by atoms with Gasteiger partial charge in [0.1, 0.15) is 5.82 Å². The van der Waals surface area contributed by atoms with Crippen molar-refractivity contribution in [1.82, 2.24) is 4.98 Å². The summed E-state index contributed by atoms with van der Waals surface area (Å²) in [6, 6.07) is 4.21. The maximum atomic E-state index is 5.76. The number of anilines is 1. The molecule has 1 aromatic heterocycles. The fraction of sp³-hybridized carbons (Fsp3) is 0.643. The highest BCUT2D eigenvalue weighted by Gasteiger charge is 2.17. The molecule has 18 heavy (non-hydrogen) atoms. The molecule has 1 atom stereocenters. The summed E-state index contributed by atoms with van der Waals surface area (Å²) < 4.78 is 5.67. The summed E-state index contributed by atoms with van der Waals surface area (Å²) >= 11 is 0. The lowest BCUT2D eigenvalue weighted by molar-refractivity contribution is 0.0820. The Morgan fingerprint density at radius 1 is 1.50 bits per heavy atom. The van der Waals surface area contributed by atoms with Crippen molar-refractivity contribution >= 4 is 5.82 Å². The maximum Gasteiger partial charge on any atom is 0.129 e. The number of hydrogen-bond donors (Lipinski definition) is 1. The molecule has 4 nitrogen and oxygen atoms in total. The smallest absolute Gasteiger partial charge is 0.129 e. The fourth-order valence-electron chi connectivity index (χ4n) is 2.30. The first kappa shape index (κ1) is 13.3. The second-order valence-electron chi connectivity index (χ2n) is 4.86. The third-order valence-electron chi connectivity index (χ3n) is 3.30. The monoisotopic (exact) mass is 249 g/mol. The van der Waals surface area contributed by atoms with Crippen LogP contribution in [0.15, 0.2) is 12.1 Å². The van der Waals surface area contributed by atoms with Gasteiger partial charge in [0, 0.05) is 31.9 Å². The van der Waals surface area contributed by atoms with E-state index in [1.54, 1.807) is 0 Å². The molecular weight excluding hydrogens is 226 g/mol. The highest BCUT2D eigenvalue weighted by molar-refractivity contribution is 5.43. The average Bonchev–Trinajstić information content (AvgIpc) is 2.62. The van der Waals surface area contributed by atoms with Gasteiger partial charge in [-0.3, -0.25) is 0 Å². The van der Waals surface area contributed by atoms with Crippen molar-refractivity contribution in [3.63, 3.8) is 0 Å². The van der Waals surface area contributed by atoms with E-state index >= 15 is 0 Å². The first-order chi connectivity index (χ1) is 8.72. The molecule has 0 spiro atoms. The van der Waals surface area contributed by atoms with E-state index in [4.69, 9.17) is 15.5 Å². The molecule has 2 rings (SSSR count). The molecule has 2 N–H and O–H groups in total. The molecule has 1 unspecified atom stereocenters. The van der Waals surface area contributed by atoms with Gasteiger partial charge >= 0.3 is 0 Å². The Morgan fingerprint density at radius 2 is 2.33 bits per heavy atom. The van der Waals surface area contributed by atoms with Crippen molar-refractivity contribution in [2.75, 3.05) is 24.6 Å². The number of aromatic nitrogens is 1. The van der Waals surface area contributed by atoms with Crippen molar-refractivity contribution < 1.29 is 4.74 Å². The number of hydrogen-bond acceptors (Lipinski definition) is 4. The quantitative estimate of drug-likeness (QED) is 0.886. The van der Waals surface area contributed by atoms with E-state index in [9.17, 15) is 0 Å². The zero-order chi connectivity index (χ0) is 13.0. The van der Waals surface area contributed by atoms with Gasteiger partial charge in [-0.05, 0) is 37.5 Å². The standard InChI is InChI=1S/C14H23N3O/c1-3-13-7-12(9-15)8-14(16-13)17-5-4-6-18-11(2)10-17/h7-8,11H,3-6,9-10,15H2,1-2H3. The number of nitrogens with zero attached hydrogens (tertiary/aromatic N) is 2. The van der Waals surface area contributed by atoms with Crippen LogP contribution in [-0.4, -0.2) is 30.8 Å². The van der Waals surface area contributed by atoms with Crippen LogP contribution in [0.4, 0.5) is 5.82 Å². The van der Waals surface area contributed by atoms with Crippen LogP contribution in [0.5, 0.6) is 0 Å². The Hall–Kier alpha value is -1.13. The molecule has 4 heteroatoms. The van der Waals surface area contributed by atoms with E-state index in [-0.39, 0.29) is 6.10 Å². The molecule has 0 amide bonds. The van der Waals surface area contributed by atoms with Gasteiger partial charge in [0.15, 0.2) is 0 Å². The molecule has 0 aliphatic carbocycles. The minimum atomic E-state index is 0.265. The van der Waals surface area contributed by atoms with Gasteiger partial charge in [-0.25, -0.2) is 4.98 Å². The zero-order valence-electron chi connectivity index (χ0n) is 11.4. The third kappa shape index (κ3) is 3.21. The van der Waals surface area contributed by atoms with Gasteiger partial charge in [0.2, 0.25) is 0 Å². The molecular formula is C14H23N3O. The first-order valence-corrected chi connectivity index (χ1v) is 6.79. The van der Waals surface area contributed by atoms with Crippen molar-refractivity contribution in [2.24, 2.45) is 5.73 Å². The summed E-state index contributed by atoms with van der Waals surface area (Å²) in [7, 11) is 0. The molecule has 1 aliphatic heterocycles. The van der Waals surface area contributed by atoms with E-state index in [0.29, 0.717) is 6.54 Å². The molecule has 1 fully saturated rings. The van der Waals surface area contributed by atoms with Crippen LogP contribution in [0, 0.1) is 0 Å². The molecule has 1 aromatic rings. The normalized spacial score (nSPS) is 20.8. The Bertz CT molecular complexity index is 372. The highest BCUT2D eigenvalue weighted by Crippen LogP contribution is 2.18. The lowest BCUT2D eigenvalue weighted by Gasteiger charge is -2.24. The molecule has 1 saturated heterocycles. The predicted molar refractivity (Wildman–Crippen MR) is 73.8 cm³/mol. The van der Waals surface area contributed by atoms with E-state index in [0.717, 1.165) is 49.6 Å². The molecule has 0 radical (unpaired) electrons. The molecule has 100 valence electrons. The average molecular weight is 249 g/mol. The molecule has 1 aliphatic rings. The topological polar surface area (TPSA) is 51.4 Å². The minimum absolute atomic E-state index is 0.265. The van der Waals surface area contributed by atoms with Crippen LogP contribution in [0.25, 0.3) is 0 Å². The van der Waals surface area contributed by atoms with E-state index in [2.05, 4.69) is 30.9 Å². The summed E-state index contributed by atoms with van der Waals surface area (Å²) in [5.41, 5.74) is 8.04. The van der Waals surface area contributed by atoms with Gasteiger partial charge < -0.3 is 15.4 Å². The van der Waals surface area contributed by atoms with Crippen molar-refractivity contribution in [3.8, 4) is 0 Å². The second-order valence-corrected chi connectivity index (χ2v) is 4.86. The number of aryl methyl sites for hydroxylation is 1. The van der Waals surface area contributed by atoms with Gasteiger partial charge in [-0.1, -0.05) is 6.92 Å². The molecule has 0 saturated carbocycles. The second kappa shape index (κ2) is 6.16. The minimum Gasteiger partial charge on any atom is -0.377 e. The van der Waals surface area contributed by atoms with Gasteiger partial charge in [0.05, 0.1) is 6.10 Å². The Balaban J connectivity index is 2.24. The summed E-state index contributed by atoms with van der Waals surface area (Å²) in [5, 5.41) is 0. The van der Waals surface area contributed by atoms with Crippen LogP contribution >= 0.6 is 0 Å². The van der Waals surface area contributed by atoms with Crippen LogP contribution in [-0.2, 0) is 17.7 Å². The first-order valence-electron chi connectivity index (χ1n) is 6.79. The number of ether oxygens (including phenoxy) is 1. The van der Waals surface area contributed by atoms with Gasteiger partial charge in [-0.2, -0.15) is 0 Å². The Labute approximate surface area is 109 Å². The third-order valence-corrected chi connectivity index (χ3v) is 3.30. The predicted octanol–water partition coefficient (Wildman–Crippen LogP) is 1.72. The molecule has 0 aromatic carbocycles. The Kier molecular flexibility index (Phi) is 4.55. The summed E-state index contributed by atoms with van der Waals surface area (Å²) in [5.74, 6) is 1.05. The van der Waals surface area contributed by atoms with Crippen LogP contribution in [0.3, 0.4) is 0 Å². The number of nitrogens with two attached hydrogens (primary N) is 1. The summed E-state index contributed by atoms with van der Waals surface area (Å²) in [4.78, 5) is 7.03. The van der Waals surface area contributed by atoms with Crippen molar-refractivity contribution in [3.05, 3.63) is 23.4 Å². The van der Waals surface area contributed by atoms with Crippen LogP contribution in [0.2, 0.25) is 0 Å². The zero-order valence-corrected chi connectivity index (χ0v) is 11.4. The van der Waals surface area contributed by atoms with Crippen LogP contribution in [0.1, 0.15) is 31.5 Å². The maximum absolute atomic E-state index is 5.76. The van der Waals surface area contributed by atoms with E-state index in [1.807, 2.05) is 0 Å². The lowest BCUT2D eigenvalue weighted by atomic mass is 10.2. The van der Waals surface area contributed by atoms with Crippen molar-refractivity contribution in [2.45, 2.75) is 39.3 Å². The van der Waals surface area contributed by atoms with E-state index < -0.39 is 0 Å². The Morgan fingerprint density at radius 3 is 3.06 bits per heavy atom. The SMILES string of the molecule is CCc1cc(CN)cc(N2CCCOC(C)C2)n1. The summed E-state index contributed by atoms with van der Waals surface area (Å²) in [6.45, 7) is 7.57. The highest BCUT2D eigenvalue weighted by atomic mass is 16.5. The molecule has 2 heterocycles.